The summed E-state index contributed by atoms with van der Waals surface area (Å²) in [5.41, 5.74) is 8.44. The molecule has 1 unspecified atom stereocenters. The standard InChI is InChI=1S/C14H25N5O/c1-9-14(10(2)19(4)17-9)16-13(20)8-18(3)12(7-15)11-5-6-11/h11-12H,5-8,15H2,1-4H3,(H,16,20). The molecule has 112 valence electrons. The van der Waals surface area contributed by atoms with Crippen molar-refractivity contribution in [3.8, 4) is 0 Å². The summed E-state index contributed by atoms with van der Waals surface area (Å²) in [5, 5.41) is 7.26. The van der Waals surface area contributed by atoms with Crippen LogP contribution >= 0.6 is 0 Å². The Kier molecular flexibility index (Phi) is 4.45. The first kappa shape index (κ1) is 15.0. The molecule has 1 saturated carbocycles. The fourth-order valence-corrected chi connectivity index (χ4v) is 2.69. The van der Waals surface area contributed by atoms with E-state index in [9.17, 15) is 4.79 Å². The van der Waals surface area contributed by atoms with Crippen molar-refractivity contribution >= 4 is 11.6 Å². The van der Waals surface area contributed by atoms with Gasteiger partial charge in [0.2, 0.25) is 5.91 Å². The zero-order valence-corrected chi connectivity index (χ0v) is 12.8. The highest BCUT2D eigenvalue weighted by atomic mass is 16.2. The first-order valence-corrected chi connectivity index (χ1v) is 7.14. The van der Waals surface area contributed by atoms with Gasteiger partial charge in [-0.1, -0.05) is 0 Å². The largest absolute Gasteiger partial charge is 0.329 e. The highest BCUT2D eigenvalue weighted by molar-refractivity contribution is 5.93. The molecule has 1 atom stereocenters. The molecular weight excluding hydrogens is 254 g/mol. The Bertz CT molecular complexity index is 492. The summed E-state index contributed by atoms with van der Waals surface area (Å²) in [4.78, 5) is 14.2. The SMILES string of the molecule is Cc1nn(C)c(C)c1NC(=O)CN(C)C(CN)C1CC1. The van der Waals surface area contributed by atoms with Crippen molar-refractivity contribution in [2.75, 3.05) is 25.5 Å². The van der Waals surface area contributed by atoms with Crippen molar-refractivity contribution < 1.29 is 4.79 Å². The van der Waals surface area contributed by atoms with Gasteiger partial charge in [-0.25, -0.2) is 0 Å². The Hall–Kier alpha value is -1.40. The number of amides is 1. The lowest BCUT2D eigenvalue weighted by Crippen LogP contribution is -2.43. The molecule has 1 fully saturated rings. The van der Waals surface area contributed by atoms with Crippen molar-refractivity contribution in [2.24, 2.45) is 18.7 Å². The molecule has 1 aromatic rings. The number of aryl methyl sites for hydroxylation is 2. The van der Waals surface area contributed by atoms with Crippen molar-refractivity contribution in [1.29, 1.82) is 0 Å². The van der Waals surface area contributed by atoms with Crippen LogP contribution < -0.4 is 11.1 Å². The van der Waals surface area contributed by atoms with E-state index >= 15 is 0 Å². The maximum absolute atomic E-state index is 12.2. The van der Waals surface area contributed by atoms with Crippen LogP contribution in [0, 0.1) is 19.8 Å². The van der Waals surface area contributed by atoms with Gasteiger partial charge in [0.1, 0.15) is 0 Å². The number of hydrogen-bond donors (Lipinski definition) is 2. The zero-order valence-electron chi connectivity index (χ0n) is 12.8. The van der Waals surface area contributed by atoms with E-state index in [4.69, 9.17) is 5.73 Å². The Morgan fingerprint density at radius 3 is 2.65 bits per heavy atom. The molecule has 0 bridgehead atoms. The van der Waals surface area contributed by atoms with Gasteiger partial charge in [-0.15, -0.1) is 0 Å². The van der Waals surface area contributed by atoms with Crippen LogP contribution in [0.2, 0.25) is 0 Å². The lowest BCUT2D eigenvalue weighted by Gasteiger charge is -2.26. The number of nitrogens with zero attached hydrogens (tertiary/aromatic N) is 3. The molecule has 3 N–H and O–H groups in total. The summed E-state index contributed by atoms with van der Waals surface area (Å²) in [6, 6.07) is 0.317. The fourth-order valence-electron chi connectivity index (χ4n) is 2.69. The molecule has 1 amide bonds. The van der Waals surface area contributed by atoms with Crippen LogP contribution in [0.15, 0.2) is 0 Å². The van der Waals surface area contributed by atoms with Crippen LogP contribution in [0.5, 0.6) is 0 Å². The monoisotopic (exact) mass is 279 g/mol. The van der Waals surface area contributed by atoms with Crippen molar-refractivity contribution in [3.63, 3.8) is 0 Å². The van der Waals surface area contributed by atoms with Gasteiger partial charge in [0.05, 0.1) is 23.6 Å². The average molecular weight is 279 g/mol. The highest BCUT2D eigenvalue weighted by Crippen LogP contribution is 2.34. The van der Waals surface area contributed by atoms with Crippen molar-refractivity contribution in [1.82, 2.24) is 14.7 Å². The van der Waals surface area contributed by atoms with Gasteiger partial charge in [0.15, 0.2) is 0 Å². The Balaban J connectivity index is 1.94. The molecule has 1 aliphatic rings. The second-order valence-corrected chi connectivity index (χ2v) is 5.77. The van der Waals surface area contributed by atoms with E-state index in [0.29, 0.717) is 25.0 Å². The van der Waals surface area contributed by atoms with Gasteiger partial charge in [-0.2, -0.15) is 5.10 Å². The molecule has 1 heterocycles. The Morgan fingerprint density at radius 2 is 2.20 bits per heavy atom. The molecule has 0 saturated heterocycles. The van der Waals surface area contributed by atoms with Crippen LogP contribution in [-0.2, 0) is 11.8 Å². The third kappa shape index (κ3) is 3.19. The summed E-state index contributed by atoms with van der Waals surface area (Å²) in [6.07, 6.45) is 2.46. The number of anilines is 1. The molecular formula is C14H25N5O. The molecule has 0 aromatic carbocycles. The van der Waals surface area contributed by atoms with E-state index in [1.807, 2.05) is 27.9 Å². The fraction of sp³-hybridized carbons (Fsp3) is 0.714. The summed E-state index contributed by atoms with van der Waals surface area (Å²) in [6.45, 7) is 4.83. The van der Waals surface area contributed by atoms with Gasteiger partial charge in [-0.3, -0.25) is 14.4 Å². The summed E-state index contributed by atoms with van der Waals surface area (Å²) in [5.74, 6) is 0.658. The number of nitrogens with one attached hydrogen (secondary N) is 1. The highest BCUT2D eigenvalue weighted by Gasteiger charge is 2.33. The number of carbonyl (C=O) groups is 1. The van der Waals surface area contributed by atoms with Gasteiger partial charge in [0.25, 0.3) is 0 Å². The van der Waals surface area contributed by atoms with Gasteiger partial charge >= 0.3 is 0 Å². The second kappa shape index (κ2) is 5.93. The van der Waals surface area contributed by atoms with Gasteiger partial charge in [0, 0.05) is 19.6 Å². The van der Waals surface area contributed by atoms with Crippen LogP contribution in [0.3, 0.4) is 0 Å². The summed E-state index contributed by atoms with van der Waals surface area (Å²) in [7, 11) is 3.85. The summed E-state index contributed by atoms with van der Waals surface area (Å²) < 4.78 is 1.78. The molecule has 0 aliphatic heterocycles. The number of aromatic nitrogens is 2. The molecule has 1 aromatic heterocycles. The molecule has 6 heteroatoms. The Morgan fingerprint density at radius 1 is 1.55 bits per heavy atom. The predicted molar refractivity (Wildman–Crippen MR) is 79.5 cm³/mol. The lowest BCUT2D eigenvalue weighted by atomic mass is 10.1. The molecule has 20 heavy (non-hydrogen) atoms. The normalized spacial score (nSPS) is 16.5. The molecule has 2 rings (SSSR count). The first-order chi connectivity index (χ1) is 9.43. The third-order valence-corrected chi connectivity index (χ3v) is 4.14. The molecule has 6 nitrogen and oxygen atoms in total. The van der Waals surface area contributed by atoms with Crippen LogP contribution in [0.1, 0.15) is 24.2 Å². The smallest absolute Gasteiger partial charge is 0.238 e. The minimum Gasteiger partial charge on any atom is -0.329 e. The predicted octanol–water partition coefficient (Wildman–Crippen LogP) is 0.645. The first-order valence-electron chi connectivity index (χ1n) is 7.14. The van der Waals surface area contributed by atoms with Crippen molar-refractivity contribution in [2.45, 2.75) is 32.7 Å². The minimum absolute atomic E-state index is 0.00852. The van der Waals surface area contributed by atoms with Gasteiger partial charge in [-0.05, 0) is 39.7 Å². The van der Waals surface area contributed by atoms with E-state index in [0.717, 1.165) is 17.1 Å². The summed E-state index contributed by atoms with van der Waals surface area (Å²) >= 11 is 0. The van der Waals surface area contributed by atoms with Crippen LogP contribution in [0.4, 0.5) is 5.69 Å². The number of likely N-dealkylation sites (N-methyl/N-ethyl adjacent to an activating group) is 1. The molecule has 1 aliphatic carbocycles. The topological polar surface area (TPSA) is 76.2 Å². The van der Waals surface area contributed by atoms with Crippen molar-refractivity contribution in [3.05, 3.63) is 11.4 Å². The number of rotatable bonds is 6. The molecule has 0 radical (unpaired) electrons. The second-order valence-electron chi connectivity index (χ2n) is 5.77. The van der Waals surface area contributed by atoms with E-state index in [2.05, 4.69) is 15.3 Å². The van der Waals surface area contributed by atoms with E-state index in [1.165, 1.54) is 12.8 Å². The van der Waals surface area contributed by atoms with Crippen LogP contribution in [-0.4, -0.2) is 46.8 Å². The maximum Gasteiger partial charge on any atom is 0.238 e. The number of carbonyl (C=O) groups excluding carboxylic acids is 1. The minimum atomic E-state index is -0.00852. The average Bonchev–Trinajstić information content (AvgIpc) is 3.16. The van der Waals surface area contributed by atoms with Crippen LogP contribution in [0.25, 0.3) is 0 Å². The quantitative estimate of drug-likeness (QED) is 0.801. The zero-order chi connectivity index (χ0) is 14.9. The maximum atomic E-state index is 12.2. The van der Waals surface area contributed by atoms with E-state index < -0.39 is 0 Å². The Labute approximate surface area is 120 Å². The third-order valence-electron chi connectivity index (χ3n) is 4.14. The van der Waals surface area contributed by atoms with Gasteiger partial charge < -0.3 is 11.1 Å². The van der Waals surface area contributed by atoms with E-state index in [1.54, 1.807) is 4.68 Å². The molecule has 0 spiro atoms. The number of hydrogen-bond acceptors (Lipinski definition) is 4. The van der Waals surface area contributed by atoms with E-state index in [-0.39, 0.29) is 5.91 Å². The number of nitrogens with two attached hydrogens (primary N) is 1. The lowest BCUT2D eigenvalue weighted by molar-refractivity contribution is -0.117.